The number of hydrogen-bond donors (Lipinski definition) is 1. The van der Waals surface area contributed by atoms with Gasteiger partial charge < -0.3 is 4.90 Å². The third-order valence-corrected chi connectivity index (χ3v) is 8.36. The van der Waals surface area contributed by atoms with E-state index in [2.05, 4.69) is 10.8 Å². The van der Waals surface area contributed by atoms with E-state index in [-0.39, 0.29) is 23.6 Å². The van der Waals surface area contributed by atoms with Gasteiger partial charge in [-0.15, -0.1) is 0 Å². The number of nitrogens with zero attached hydrogens (tertiary/aromatic N) is 2. The van der Waals surface area contributed by atoms with Crippen LogP contribution in [0.1, 0.15) is 37.7 Å². The zero-order valence-corrected chi connectivity index (χ0v) is 19.5. The van der Waals surface area contributed by atoms with Gasteiger partial charge in [0.05, 0.1) is 12.1 Å². The van der Waals surface area contributed by atoms with Crippen LogP contribution in [0.25, 0.3) is 11.1 Å². The second-order valence-corrected chi connectivity index (χ2v) is 10.6. The predicted molar refractivity (Wildman–Crippen MR) is 125 cm³/mol. The molecule has 1 amide bonds. The molecule has 1 heterocycles. The van der Waals surface area contributed by atoms with E-state index < -0.39 is 23.3 Å². The zero-order chi connectivity index (χ0) is 23.9. The van der Waals surface area contributed by atoms with Crippen molar-refractivity contribution in [2.75, 3.05) is 6.54 Å². The van der Waals surface area contributed by atoms with E-state index in [1.54, 1.807) is 23.1 Å². The number of alkyl halides is 2. The summed E-state index contributed by atoms with van der Waals surface area (Å²) in [4.78, 5) is 15.3. The quantitative estimate of drug-likeness (QED) is 0.523. The molecule has 2 saturated carbocycles. The van der Waals surface area contributed by atoms with Gasteiger partial charge in [0.1, 0.15) is 11.2 Å². The molecular formula is C26H26F3N3OS. The van der Waals surface area contributed by atoms with Crippen molar-refractivity contribution in [3.8, 4) is 17.2 Å². The molecule has 34 heavy (non-hydrogen) atoms. The number of carbonyl (C=O) groups is 1. The average molecular weight is 486 g/mol. The van der Waals surface area contributed by atoms with Crippen molar-refractivity contribution >= 4 is 17.9 Å². The predicted octanol–water partition coefficient (Wildman–Crippen LogP) is 5.55. The van der Waals surface area contributed by atoms with Crippen molar-refractivity contribution in [2.45, 2.75) is 56.4 Å². The molecule has 0 radical (unpaired) electrons. The largest absolute Gasteiger partial charge is 0.336 e. The molecule has 0 aromatic heterocycles. The van der Waals surface area contributed by atoms with Crippen LogP contribution >= 0.6 is 11.9 Å². The molecule has 1 N–H and O–H groups in total. The van der Waals surface area contributed by atoms with E-state index in [9.17, 15) is 18.8 Å². The molecule has 2 unspecified atom stereocenters. The highest BCUT2D eigenvalue weighted by Gasteiger charge is 2.62. The van der Waals surface area contributed by atoms with Crippen LogP contribution in [0.15, 0.2) is 48.5 Å². The number of nitrogens with one attached hydrogen (secondary N) is 1. The van der Waals surface area contributed by atoms with E-state index in [0.29, 0.717) is 42.5 Å². The van der Waals surface area contributed by atoms with Gasteiger partial charge in [0.15, 0.2) is 0 Å². The highest BCUT2D eigenvalue weighted by atomic mass is 32.2. The SMILES string of the molecule is N#CC1(C(=O)N2CC3(CC3)C(NSC(F)F)C2Cc2cccc(-c3ccccc3)c2F)CCC1. The lowest BCUT2D eigenvalue weighted by Gasteiger charge is -2.39. The first-order valence-corrected chi connectivity index (χ1v) is 12.5. The fourth-order valence-electron chi connectivity index (χ4n) is 5.53. The summed E-state index contributed by atoms with van der Waals surface area (Å²) in [7, 11) is 0. The van der Waals surface area contributed by atoms with Gasteiger partial charge in [0.25, 0.3) is 5.76 Å². The van der Waals surface area contributed by atoms with Crippen molar-refractivity contribution in [2.24, 2.45) is 10.8 Å². The van der Waals surface area contributed by atoms with Crippen molar-refractivity contribution in [3.05, 3.63) is 59.9 Å². The van der Waals surface area contributed by atoms with Crippen LogP contribution in [0.3, 0.4) is 0 Å². The van der Waals surface area contributed by atoms with Gasteiger partial charge in [0, 0.05) is 23.6 Å². The van der Waals surface area contributed by atoms with Gasteiger partial charge in [-0.25, -0.2) is 4.39 Å². The number of halogens is 3. The molecule has 4 nitrogen and oxygen atoms in total. The smallest absolute Gasteiger partial charge is 0.297 e. The Morgan fingerprint density at radius 1 is 1.15 bits per heavy atom. The van der Waals surface area contributed by atoms with Crippen molar-refractivity contribution in [1.29, 1.82) is 5.26 Å². The Bertz CT molecular complexity index is 1110. The topological polar surface area (TPSA) is 56.1 Å². The maximum Gasteiger partial charge on any atom is 0.297 e. The molecule has 5 rings (SSSR count). The number of hydrogen-bond acceptors (Lipinski definition) is 4. The highest BCUT2D eigenvalue weighted by Crippen LogP contribution is 2.57. The summed E-state index contributed by atoms with van der Waals surface area (Å²) in [5.41, 5.74) is 0.324. The third kappa shape index (κ3) is 3.99. The summed E-state index contributed by atoms with van der Waals surface area (Å²) < 4.78 is 44.8. The Hall–Kier alpha value is -2.50. The monoisotopic (exact) mass is 485 g/mol. The fraction of sp³-hybridized carbons (Fsp3) is 0.462. The first-order chi connectivity index (χ1) is 16.4. The molecule has 3 aliphatic rings. The maximum absolute atomic E-state index is 15.7. The molecule has 2 aromatic rings. The molecule has 1 aliphatic heterocycles. The summed E-state index contributed by atoms with van der Waals surface area (Å²) in [6, 6.07) is 15.7. The minimum Gasteiger partial charge on any atom is -0.336 e. The number of amides is 1. The maximum atomic E-state index is 15.7. The van der Waals surface area contributed by atoms with Crippen LogP contribution in [0, 0.1) is 28.0 Å². The normalized spacial score (nSPS) is 24.1. The van der Waals surface area contributed by atoms with Crippen LogP contribution < -0.4 is 4.72 Å². The van der Waals surface area contributed by atoms with Crippen LogP contribution in [0.2, 0.25) is 0 Å². The van der Waals surface area contributed by atoms with Gasteiger partial charge >= 0.3 is 0 Å². The Labute approximate surface area is 201 Å². The van der Waals surface area contributed by atoms with Gasteiger partial charge in [-0.05, 0) is 61.6 Å². The van der Waals surface area contributed by atoms with E-state index in [1.807, 2.05) is 30.3 Å². The number of nitriles is 1. The van der Waals surface area contributed by atoms with Crippen molar-refractivity contribution < 1.29 is 18.0 Å². The summed E-state index contributed by atoms with van der Waals surface area (Å²) in [6.07, 6.45) is 3.69. The van der Waals surface area contributed by atoms with Crippen LogP contribution in [0.4, 0.5) is 13.2 Å². The summed E-state index contributed by atoms with van der Waals surface area (Å²) >= 11 is 0.356. The number of benzene rings is 2. The Kier molecular flexibility index (Phi) is 6.11. The Morgan fingerprint density at radius 3 is 2.47 bits per heavy atom. The second kappa shape index (κ2) is 8.94. The van der Waals surface area contributed by atoms with Gasteiger partial charge in [0.2, 0.25) is 5.91 Å². The highest BCUT2D eigenvalue weighted by molar-refractivity contribution is 7.97. The third-order valence-electron chi connectivity index (χ3n) is 7.79. The molecule has 2 aromatic carbocycles. The van der Waals surface area contributed by atoms with Crippen LogP contribution in [-0.2, 0) is 11.2 Å². The lowest BCUT2D eigenvalue weighted by Crippen LogP contribution is -2.52. The molecule has 2 aliphatic carbocycles. The molecule has 0 bridgehead atoms. The first kappa shape index (κ1) is 23.3. The van der Waals surface area contributed by atoms with Crippen LogP contribution in [-0.4, -0.2) is 35.2 Å². The molecular weight excluding hydrogens is 459 g/mol. The van der Waals surface area contributed by atoms with E-state index in [4.69, 9.17) is 0 Å². The zero-order valence-electron chi connectivity index (χ0n) is 18.6. The molecule has 8 heteroatoms. The minimum absolute atomic E-state index is 0.197. The molecule has 3 fully saturated rings. The summed E-state index contributed by atoms with van der Waals surface area (Å²) in [6.45, 7) is 0.418. The average Bonchev–Trinajstić information content (AvgIpc) is 3.51. The molecule has 1 spiro atoms. The number of carbonyl (C=O) groups excluding carboxylic acids is 1. The van der Waals surface area contributed by atoms with E-state index >= 15 is 4.39 Å². The molecule has 1 saturated heterocycles. The summed E-state index contributed by atoms with van der Waals surface area (Å²) in [5, 5.41) is 9.76. The van der Waals surface area contributed by atoms with Gasteiger partial charge in [-0.3, -0.25) is 9.52 Å². The first-order valence-electron chi connectivity index (χ1n) is 11.6. The Morgan fingerprint density at radius 2 is 1.88 bits per heavy atom. The summed E-state index contributed by atoms with van der Waals surface area (Å²) in [5.74, 6) is -3.20. The fourth-order valence-corrected chi connectivity index (χ4v) is 6.19. The molecule has 2 atom stereocenters. The van der Waals surface area contributed by atoms with E-state index in [1.165, 1.54) is 0 Å². The Balaban J connectivity index is 1.49. The van der Waals surface area contributed by atoms with Crippen molar-refractivity contribution in [1.82, 2.24) is 9.62 Å². The van der Waals surface area contributed by atoms with E-state index in [0.717, 1.165) is 24.8 Å². The minimum atomic E-state index is -2.60. The number of likely N-dealkylation sites (tertiary alicyclic amines) is 1. The lowest BCUT2D eigenvalue weighted by molar-refractivity contribution is -0.144. The van der Waals surface area contributed by atoms with Crippen LogP contribution in [0.5, 0.6) is 0 Å². The van der Waals surface area contributed by atoms with Gasteiger partial charge in [-0.2, -0.15) is 14.0 Å². The second-order valence-electron chi connectivity index (χ2n) is 9.73. The lowest BCUT2D eigenvalue weighted by atomic mass is 9.69. The van der Waals surface area contributed by atoms with Gasteiger partial charge in [-0.1, -0.05) is 48.5 Å². The standard InChI is InChI=1S/C26H26F3N3OS/c27-21-18(8-4-9-19(21)17-6-2-1-3-7-17)14-20-22(31-34-24(28)29)26(12-13-26)16-32(20)23(33)25(15-30)10-5-11-25/h1-4,6-9,20,22,24,31H,5,10-14,16H2. The number of rotatable bonds is 7. The molecule has 178 valence electrons. The van der Waals surface area contributed by atoms with Crippen molar-refractivity contribution in [3.63, 3.8) is 0 Å².